The van der Waals surface area contributed by atoms with Gasteiger partial charge in [-0.3, -0.25) is 0 Å². The normalized spacial score (nSPS) is 12.0. The molecule has 0 bridgehead atoms. The minimum absolute atomic E-state index is 0. The van der Waals surface area contributed by atoms with Crippen molar-refractivity contribution in [2.75, 3.05) is 16.8 Å². The number of hydrogen-bond donors (Lipinski definition) is 5. The Kier molecular flexibility index (Phi) is 17.1. The number of aromatic hydroxyl groups is 2. The van der Waals surface area contributed by atoms with E-state index < -0.39 is 78.6 Å². The van der Waals surface area contributed by atoms with Gasteiger partial charge < -0.3 is 40.7 Å². The summed E-state index contributed by atoms with van der Waals surface area (Å²) in [7, 11) is -16.1. The summed E-state index contributed by atoms with van der Waals surface area (Å²) in [6, 6.07) is 22.3. The van der Waals surface area contributed by atoms with Gasteiger partial charge in [-0.15, -0.1) is 15.3 Å². The van der Waals surface area contributed by atoms with Crippen LogP contribution in [-0.4, -0.2) is 49.1 Å². The summed E-state index contributed by atoms with van der Waals surface area (Å²) in [4.78, 5) is -3.09. The van der Waals surface area contributed by atoms with Crippen LogP contribution in [0.2, 0.25) is 0 Å². The van der Waals surface area contributed by atoms with E-state index in [0.717, 1.165) is 12.1 Å². The van der Waals surface area contributed by atoms with Crippen molar-refractivity contribution in [3.63, 3.8) is 0 Å². The van der Waals surface area contributed by atoms with Crippen molar-refractivity contribution in [3.05, 3.63) is 103 Å². The zero-order chi connectivity index (χ0) is 41.3. The Balaban J connectivity index is 0.00000320. The molecule has 6 aromatic rings. The average molecular weight is 900 g/mol. The van der Waals surface area contributed by atoms with Crippen molar-refractivity contribution in [3.8, 4) is 11.5 Å². The molecule has 0 heterocycles. The number of rotatable bonds is 11. The maximum absolute atomic E-state index is 12.4. The van der Waals surface area contributed by atoms with Crippen molar-refractivity contribution in [1.29, 1.82) is 0 Å². The van der Waals surface area contributed by atoms with E-state index in [2.05, 4.69) is 36.0 Å². The van der Waals surface area contributed by atoms with Crippen molar-refractivity contribution >= 4 is 98.0 Å². The molecule has 0 unspecified atom stereocenters. The Hall–Kier alpha value is -3.89. The molecule has 0 aliphatic rings. The van der Waals surface area contributed by atoms with Gasteiger partial charge in [-0.2, -0.15) is 15.3 Å². The number of nitrogen functional groups attached to an aromatic ring is 2. The minimum atomic E-state index is -5.48. The molecule has 0 fully saturated rings. The van der Waals surface area contributed by atoms with Gasteiger partial charge in [0.25, 0.3) is 0 Å². The summed E-state index contributed by atoms with van der Waals surface area (Å²) in [6.07, 6.45) is 0. The fraction of sp³-hybridized carbons (Fsp3) is 0. The Morgan fingerprint density at radius 3 is 1.63 bits per heavy atom. The van der Waals surface area contributed by atoms with Crippen molar-refractivity contribution < 1.29 is 138 Å². The summed E-state index contributed by atoms with van der Waals surface area (Å²) >= 11 is 0. The molecule has 0 aliphatic heterocycles. The third-order valence-corrected chi connectivity index (χ3v) is 10.4. The largest absolute Gasteiger partial charge is 1.00 e. The number of phenolic OH excluding ortho intramolecular Hbond substituents is 2. The molecule has 6 aromatic carbocycles. The Morgan fingerprint density at radius 1 is 0.533 bits per heavy atom. The second kappa shape index (κ2) is 20.3. The van der Waals surface area contributed by atoms with Gasteiger partial charge in [0, 0.05) is 11.8 Å². The summed E-state index contributed by atoms with van der Waals surface area (Å²) in [5.41, 5.74) is 10.4. The van der Waals surface area contributed by atoms with E-state index in [0.29, 0.717) is 29.2 Å². The van der Waals surface area contributed by atoms with Crippen LogP contribution in [0.3, 0.4) is 0 Å². The average Bonchev–Trinajstić information content (AvgIpc) is 3.13. The molecule has 26 heteroatoms. The quantitative estimate of drug-likeness (QED) is 0.0412. The number of fused-ring (bicyclic) bond motifs is 1. The molecule has 0 radical (unpaired) electrons. The number of azo groups is 3. The molecule has 0 aromatic heterocycles. The van der Waals surface area contributed by atoms with Gasteiger partial charge in [0.1, 0.15) is 53.2 Å². The topological polar surface area (TPSA) is 350 Å². The SMILES string of the molecule is Nc1cc(O)ccc1N=Nc1ccc(Nc2ccc(N=Nc3c(S(=O)(=O)[O-])cc4cc(S(=O)(=O)[O-])c(N=Nc5ccccc5)c(O)c4c3N)cc2S(=O)(=O)[O-])cc1.[Na+].[Na+].[Na+]. The molecular formula is C34H24N9Na3O11S3. The molecule has 0 aliphatic carbocycles. The van der Waals surface area contributed by atoms with Gasteiger partial charge in [0.2, 0.25) is 0 Å². The van der Waals surface area contributed by atoms with Gasteiger partial charge in [0.15, 0.2) is 5.75 Å². The molecule has 20 nitrogen and oxygen atoms in total. The molecule has 60 heavy (non-hydrogen) atoms. The molecule has 0 saturated carbocycles. The van der Waals surface area contributed by atoms with Gasteiger partial charge in [-0.25, -0.2) is 25.3 Å². The number of nitrogens with one attached hydrogen (secondary N) is 1. The molecular weight excluding hydrogens is 876 g/mol. The second-order valence-corrected chi connectivity index (χ2v) is 15.7. The molecule has 6 rings (SSSR count). The predicted molar refractivity (Wildman–Crippen MR) is 202 cm³/mol. The van der Waals surface area contributed by atoms with Crippen LogP contribution in [0.1, 0.15) is 0 Å². The Labute approximate surface area is 408 Å². The number of phenols is 2. The maximum atomic E-state index is 12.4. The van der Waals surface area contributed by atoms with Crippen LogP contribution in [0.15, 0.2) is 149 Å². The first-order valence-electron chi connectivity index (χ1n) is 15.7. The number of nitrogens with two attached hydrogens (primary N) is 2. The monoisotopic (exact) mass is 899 g/mol. The Morgan fingerprint density at radius 2 is 1.05 bits per heavy atom. The van der Waals surface area contributed by atoms with Crippen LogP contribution in [0.25, 0.3) is 10.8 Å². The number of benzene rings is 6. The fourth-order valence-corrected chi connectivity index (χ4v) is 7.16. The van der Waals surface area contributed by atoms with Crippen molar-refractivity contribution in [2.45, 2.75) is 14.7 Å². The Bertz CT molecular complexity index is 3020. The van der Waals surface area contributed by atoms with Crippen molar-refractivity contribution in [2.24, 2.45) is 30.7 Å². The predicted octanol–water partition coefficient (Wildman–Crippen LogP) is -1.87. The molecule has 0 saturated heterocycles. The number of hydrogen-bond acceptors (Lipinski definition) is 20. The van der Waals surface area contributed by atoms with Gasteiger partial charge in [-0.05, 0) is 84.2 Å². The van der Waals surface area contributed by atoms with E-state index in [1.54, 1.807) is 18.2 Å². The van der Waals surface area contributed by atoms with Crippen molar-refractivity contribution in [1.82, 2.24) is 0 Å². The first-order valence-corrected chi connectivity index (χ1v) is 19.9. The second-order valence-electron chi connectivity index (χ2n) is 11.7. The molecule has 0 spiro atoms. The summed E-state index contributed by atoms with van der Waals surface area (Å²) in [5.74, 6) is -1.09. The zero-order valence-corrected chi connectivity index (χ0v) is 39.9. The smallest absolute Gasteiger partial charge is 0.744 e. The van der Waals surface area contributed by atoms with Gasteiger partial charge in [0.05, 0.1) is 54.2 Å². The van der Waals surface area contributed by atoms with Crippen LogP contribution in [0.5, 0.6) is 11.5 Å². The third kappa shape index (κ3) is 11.9. The van der Waals surface area contributed by atoms with Crippen LogP contribution in [0, 0.1) is 0 Å². The number of nitrogens with zero attached hydrogens (tertiary/aromatic N) is 6. The first kappa shape index (κ1) is 50.5. The van der Waals surface area contributed by atoms with Crippen LogP contribution < -0.4 is 105 Å². The van der Waals surface area contributed by atoms with E-state index in [4.69, 9.17) is 11.5 Å². The molecule has 0 amide bonds. The van der Waals surface area contributed by atoms with Crippen LogP contribution in [-0.2, 0) is 30.4 Å². The number of anilines is 4. The first-order chi connectivity index (χ1) is 26.8. The summed E-state index contributed by atoms with van der Waals surface area (Å²) in [6.45, 7) is 0. The molecule has 7 N–H and O–H groups in total. The van der Waals surface area contributed by atoms with Gasteiger partial charge in [-0.1, -0.05) is 18.2 Å². The van der Waals surface area contributed by atoms with Crippen LogP contribution in [0.4, 0.5) is 56.9 Å². The van der Waals surface area contributed by atoms with E-state index in [9.17, 15) is 49.1 Å². The standard InChI is InChI=1S/C34H27N9O11S3.3Na/c35-24-17-23(44)11-13-25(24)41-38-21-8-6-19(7-9-21)37-26-12-10-22(16-27(26)55(46,47)48)40-42-32-28(56(49,50)51)14-18-15-29(57(52,53)54)33(34(45)30(18)31(32)36)43-39-20-4-2-1-3-5-20;;;/h1-17,37,44-45H,35-36H2,(H,46,47,48)(H,49,50,51)(H,52,53,54);;;/q;3*+1/p-3. The third-order valence-electron chi connectivity index (χ3n) is 7.81. The van der Waals surface area contributed by atoms with E-state index in [1.165, 1.54) is 60.7 Å². The van der Waals surface area contributed by atoms with E-state index in [-0.39, 0.29) is 117 Å². The maximum Gasteiger partial charge on any atom is 1.00 e. The summed E-state index contributed by atoms with van der Waals surface area (Å²) < 4.78 is 111. The van der Waals surface area contributed by atoms with Crippen LogP contribution >= 0.6 is 0 Å². The zero-order valence-electron chi connectivity index (χ0n) is 31.4. The molecule has 0 atom stereocenters. The minimum Gasteiger partial charge on any atom is -0.744 e. The van der Waals surface area contributed by atoms with Gasteiger partial charge >= 0.3 is 88.7 Å². The fourth-order valence-electron chi connectivity index (χ4n) is 5.20. The summed E-state index contributed by atoms with van der Waals surface area (Å²) in [5, 5.41) is 45.6. The van der Waals surface area contributed by atoms with E-state index >= 15 is 0 Å². The molecule has 292 valence electrons. The van der Waals surface area contributed by atoms with E-state index in [1.807, 2.05) is 0 Å².